The van der Waals surface area contributed by atoms with Gasteiger partial charge in [0.2, 0.25) is 0 Å². The van der Waals surface area contributed by atoms with Crippen LogP contribution in [0.5, 0.6) is 0 Å². The first-order chi connectivity index (χ1) is 9.93. The summed E-state index contributed by atoms with van der Waals surface area (Å²) >= 11 is 1.79. The molecule has 0 saturated heterocycles. The molecule has 0 bridgehead atoms. The number of nitrogens with one attached hydrogen (secondary N) is 1. The van der Waals surface area contributed by atoms with Crippen molar-refractivity contribution in [3.63, 3.8) is 0 Å². The van der Waals surface area contributed by atoms with Crippen LogP contribution in [0.25, 0.3) is 0 Å². The van der Waals surface area contributed by atoms with Gasteiger partial charge in [-0.05, 0) is 34.7 Å². The van der Waals surface area contributed by atoms with Gasteiger partial charge in [-0.25, -0.2) is 0 Å². The largest absolute Gasteiger partial charge is 0.301 e. The molecule has 20 heavy (non-hydrogen) atoms. The average molecular weight is 280 g/mol. The molecule has 0 amide bonds. The van der Waals surface area contributed by atoms with Crippen molar-refractivity contribution in [1.29, 1.82) is 0 Å². The molecule has 1 atom stereocenters. The molecule has 0 spiro atoms. The summed E-state index contributed by atoms with van der Waals surface area (Å²) in [7, 11) is 0. The number of thiophene rings is 1. The Hall–Kier alpha value is -1.97. The van der Waals surface area contributed by atoms with E-state index in [0.717, 1.165) is 6.54 Å². The molecule has 0 aliphatic rings. The van der Waals surface area contributed by atoms with Crippen LogP contribution in [-0.4, -0.2) is 4.98 Å². The van der Waals surface area contributed by atoms with Crippen molar-refractivity contribution in [1.82, 2.24) is 10.3 Å². The highest BCUT2D eigenvalue weighted by molar-refractivity contribution is 7.10. The highest BCUT2D eigenvalue weighted by Crippen LogP contribution is 2.26. The van der Waals surface area contributed by atoms with E-state index in [1.165, 1.54) is 16.0 Å². The summed E-state index contributed by atoms with van der Waals surface area (Å²) in [4.78, 5) is 5.39. The number of hydrogen-bond donors (Lipinski definition) is 1. The van der Waals surface area contributed by atoms with E-state index in [2.05, 4.69) is 58.1 Å². The molecule has 0 radical (unpaired) electrons. The first kappa shape index (κ1) is 13.0. The third-order valence-corrected chi connectivity index (χ3v) is 4.16. The van der Waals surface area contributed by atoms with Crippen molar-refractivity contribution in [2.24, 2.45) is 0 Å². The van der Waals surface area contributed by atoms with E-state index in [-0.39, 0.29) is 6.04 Å². The van der Waals surface area contributed by atoms with E-state index >= 15 is 0 Å². The van der Waals surface area contributed by atoms with Crippen LogP contribution in [0.15, 0.2) is 72.4 Å². The number of pyridine rings is 1. The molecular weight excluding hydrogens is 264 g/mol. The minimum atomic E-state index is 0.240. The van der Waals surface area contributed by atoms with E-state index in [0.29, 0.717) is 0 Å². The van der Waals surface area contributed by atoms with Gasteiger partial charge in [-0.1, -0.05) is 36.4 Å². The Labute approximate surface area is 123 Å². The first-order valence-electron chi connectivity index (χ1n) is 6.64. The van der Waals surface area contributed by atoms with E-state index in [1.807, 2.05) is 24.5 Å². The Morgan fingerprint density at radius 3 is 2.45 bits per heavy atom. The van der Waals surface area contributed by atoms with Crippen LogP contribution >= 0.6 is 11.3 Å². The molecule has 1 unspecified atom stereocenters. The molecule has 2 nitrogen and oxygen atoms in total. The van der Waals surface area contributed by atoms with E-state index < -0.39 is 0 Å². The van der Waals surface area contributed by atoms with Gasteiger partial charge in [-0.3, -0.25) is 4.98 Å². The summed E-state index contributed by atoms with van der Waals surface area (Å²) in [5.41, 5.74) is 2.54. The minimum Gasteiger partial charge on any atom is -0.301 e. The first-order valence-corrected chi connectivity index (χ1v) is 7.52. The van der Waals surface area contributed by atoms with Crippen molar-refractivity contribution in [3.05, 3.63) is 88.4 Å². The number of hydrogen-bond acceptors (Lipinski definition) is 3. The molecule has 0 saturated carbocycles. The summed E-state index contributed by atoms with van der Waals surface area (Å²) < 4.78 is 0. The molecule has 0 aliphatic carbocycles. The number of nitrogens with zero attached hydrogens (tertiary/aromatic N) is 1. The Balaban J connectivity index is 1.80. The Bertz CT molecular complexity index is 621. The molecule has 2 heterocycles. The van der Waals surface area contributed by atoms with Crippen molar-refractivity contribution in [2.45, 2.75) is 12.6 Å². The topological polar surface area (TPSA) is 24.9 Å². The smallest absolute Gasteiger partial charge is 0.0673 e. The molecule has 3 rings (SSSR count). The normalized spacial score (nSPS) is 12.2. The van der Waals surface area contributed by atoms with Gasteiger partial charge in [-0.2, -0.15) is 0 Å². The predicted molar refractivity (Wildman–Crippen MR) is 83.7 cm³/mol. The summed E-state index contributed by atoms with van der Waals surface area (Å²) in [5, 5.41) is 5.76. The number of rotatable bonds is 5. The van der Waals surface area contributed by atoms with E-state index in [9.17, 15) is 0 Å². The van der Waals surface area contributed by atoms with Gasteiger partial charge < -0.3 is 5.32 Å². The lowest BCUT2D eigenvalue weighted by Gasteiger charge is -2.18. The SMILES string of the molecule is c1ccc(C(NCc2ccncc2)c2cccs2)cc1. The maximum Gasteiger partial charge on any atom is 0.0673 e. The van der Waals surface area contributed by atoms with Crippen LogP contribution in [0, 0.1) is 0 Å². The fraction of sp³-hybridized carbons (Fsp3) is 0.118. The molecule has 0 aliphatic heterocycles. The number of aromatic nitrogens is 1. The molecule has 1 aromatic carbocycles. The molecule has 3 heteroatoms. The van der Waals surface area contributed by atoms with Gasteiger partial charge in [-0.15, -0.1) is 11.3 Å². The summed E-state index contributed by atoms with van der Waals surface area (Å²) in [6.07, 6.45) is 3.67. The van der Waals surface area contributed by atoms with Gasteiger partial charge in [0.15, 0.2) is 0 Å². The van der Waals surface area contributed by atoms with Gasteiger partial charge in [0.25, 0.3) is 0 Å². The van der Waals surface area contributed by atoms with Crippen molar-refractivity contribution >= 4 is 11.3 Å². The van der Waals surface area contributed by atoms with Crippen molar-refractivity contribution in [2.75, 3.05) is 0 Å². The Morgan fingerprint density at radius 2 is 1.75 bits per heavy atom. The van der Waals surface area contributed by atoms with Gasteiger partial charge in [0.1, 0.15) is 0 Å². The van der Waals surface area contributed by atoms with Gasteiger partial charge >= 0.3 is 0 Å². The highest BCUT2D eigenvalue weighted by atomic mass is 32.1. The monoisotopic (exact) mass is 280 g/mol. The van der Waals surface area contributed by atoms with Gasteiger partial charge in [0, 0.05) is 23.8 Å². The fourth-order valence-corrected chi connectivity index (χ4v) is 3.03. The van der Waals surface area contributed by atoms with Crippen LogP contribution in [0.3, 0.4) is 0 Å². The zero-order chi connectivity index (χ0) is 13.6. The average Bonchev–Trinajstić information content (AvgIpc) is 3.04. The standard InChI is InChI=1S/C17H16N2S/c1-2-5-15(6-3-1)17(16-7-4-12-20-16)19-13-14-8-10-18-11-9-14/h1-12,17,19H,13H2. The lowest BCUT2D eigenvalue weighted by Crippen LogP contribution is -2.21. The summed E-state index contributed by atoms with van der Waals surface area (Å²) in [6.45, 7) is 0.833. The fourth-order valence-electron chi connectivity index (χ4n) is 2.20. The third kappa shape index (κ3) is 3.13. The van der Waals surface area contributed by atoms with Crippen LogP contribution in [0.4, 0.5) is 0 Å². The lowest BCUT2D eigenvalue weighted by molar-refractivity contribution is 0.613. The van der Waals surface area contributed by atoms with Crippen LogP contribution in [-0.2, 0) is 6.54 Å². The molecule has 3 aromatic rings. The Kier molecular flexibility index (Phi) is 4.21. The second kappa shape index (κ2) is 6.46. The zero-order valence-electron chi connectivity index (χ0n) is 11.1. The van der Waals surface area contributed by atoms with Crippen molar-refractivity contribution < 1.29 is 0 Å². The van der Waals surface area contributed by atoms with Crippen molar-refractivity contribution in [3.8, 4) is 0 Å². The van der Waals surface area contributed by atoms with E-state index in [4.69, 9.17) is 0 Å². The van der Waals surface area contributed by atoms with E-state index in [1.54, 1.807) is 11.3 Å². The third-order valence-electron chi connectivity index (χ3n) is 3.22. The van der Waals surface area contributed by atoms with Crippen LogP contribution in [0.1, 0.15) is 22.0 Å². The van der Waals surface area contributed by atoms with Gasteiger partial charge in [0.05, 0.1) is 6.04 Å². The summed E-state index contributed by atoms with van der Waals surface area (Å²) in [5.74, 6) is 0. The van der Waals surface area contributed by atoms with Crippen LogP contribution in [0.2, 0.25) is 0 Å². The van der Waals surface area contributed by atoms with Crippen LogP contribution < -0.4 is 5.32 Å². The quantitative estimate of drug-likeness (QED) is 0.763. The minimum absolute atomic E-state index is 0.240. The molecule has 100 valence electrons. The maximum absolute atomic E-state index is 4.05. The number of benzene rings is 1. The summed E-state index contributed by atoms with van der Waals surface area (Å²) in [6, 6.07) is 19.2. The molecule has 1 N–H and O–H groups in total. The molecule has 2 aromatic heterocycles. The molecule has 0 fully saturated rings. The maximum atomic E-state index is 4.05. The highest BCUT2D eigenvalue weighted by Gasteiger charge is 2.14. The second-order valence-electron chi connectivity index (χ2n) is 4.60. The Morgan fingerprint density at radius 1 is 0.950 bits per heavy atom. The predicted octanol–water partition coefficient (Wildman–Crippen LogP) is 4.02. The second-order valence-corrected chi connectivity index (χ2v) is 5.57. The zero-order valence-corrected chi connectivity index (χ0v) is 11.9. The molecular formula is C17H16N2S. The lowest BCUT2D eigenvalue weighted by atomic mass is 10.1.